The second-order valence-electron chi connectivity index (χ2n) is 7.04. The van der Waals surface area contributed by atoms with E-state index in [-0.39, 0.29) is 29.7 Å². The van der Waals surface area contributed by atoms with Crippen LogP contribution >= 0.6 is 24.2 Å². The topological polar surface area (TPSA) is 49.4 Å². The quantitative estimate of drug-likeness (QED) is 0.652. The highest BCUT2D eigenvalue weighted by molar-refractivity contribution is 7.98. The molecular formula is C19H33ClN2O2S2. The van der Waals surface area contributed by atoms with Gasteiger partial charge in [-0.15, -0.1) is 24.2 Å². The molecule has 1 heterocycles. The Morgan fingerprint density at radius 3 is 2.27 bits per heavy atom. The zero-order valence-corrected chi connectivity index (χ0v) is 18.7. The summed E-state index contributed by atoms with van der Waals surface area (Å²) in [4.78, 5) is 3.46. The largest absolute Gasteiger partial charge is 0.317 e. The lowest BCUT2D eigenvalue weighted by molar-refractivity contribution is 0.138. The zero-order chi connectivity index (χ0) is 18.4. The highest BCUT2D eigenvalue weighted by Crippen LogP contribution is 2.27. The van der Waals surface area contributed by atoms with Crippen LogP contribution in [0, 0.1) is 5.92 Å². The molecule has 0 spiro atoms. The first-order valence-corrected chi connectivity index (χ1v) is 12.3. The number of nitrogens with one attached hydrogen (secondary N) is 1. The van der Waals surface area contributed by atoms with Crippen LogP contribution in [0.15, 0.2) is 29.2 Å². The van der Waals surface area contributed by atoms with E-state index >= 15 is 0 Å². The Labute approximate surface area is 169 Å². The third kappa shape index (κ3) is 6.41. The monoisotopic (exact) mass is 420 g/mol. The van der Waals surface area contributed by atoms with Crippen molar-refractivity contribution in [2.75, 3.05) is 32.1 Å². The van der Waals surface area contributed by atoms with E-state index in [4.69, 9.17) is 0 Å². The molecule has 0 radical (unpaired) electrons. The van der Waals surface area contributed by atoms with Crippen LogP contribution in [0.4, 0.5) is 0 Å². The van der Waals surface area contributed by atoms with Gasteiger partial charge in [0, 0.05) is 17.2 Å². The van der Waals surface area contributed by atoms with E-state index in [1.807, 2.05) is 0 Å². The predicted octanol–water partition coefficient (Wildman–Crippen LogP) is 3.45. The second-order valence-corrected chi connectivity index (χ2v) is 10.1. The summed E-state index contributed by atoms with van der Waals surface area (Å²) in [5, 5.41) is 2.97. The molecule has 4 nitrogen and oxygen atoms in total. The molecule has 150 valence electrons. The maximum Gasteiger partial charge on any atom is 0.163 e. The maximum absolute atomic E-state index is 12.6. The van der Waals surface area contributed by atoms with Crippen molar-refractivity contribution in [3.8, 4) is 0 Å². The fourth-order valence-corrected chi connectivity index (χ4v) is 6.19. The number of hydrogen-bond acceptors (Lipinski definition) is 5. The third-order valence-electron chi connectivity index (χ3n) is 5.17. The summed E-state index contributed by atoms with van der Waals surface area (Å²) in [5.41, 5.74) is 1.27. The van der Waals surface area contributed by atoms with E-state index in [2.05, 4.69) is 54.6 Å². The molecule has 2 atom stereocenters. The van der Waals surface area contributed by atoms with Crippen molar-refractivity contribution < 1.29 is 8.42 Å². The first-order valence-electron chi connectivity index (χ1n) is 9.15. The Morgan fingerprint density at radius 2 is 1.81 bits per heavy atom. The zero-order valence-electron chi connectivity index (χ0n) is 16.3. The fourth-order valence-electron chi connectivity index (χ4n) is 3.96. The van der Waals surface area contributed by atoms with Gasteiger partial charge in [-0.05, 0) is 75.7 Å². The molecule has 1 aromatic carbocycles. The number of thioether (sulfide) groups is 1. The van der Waals surface area contributed by atoms with Gasteiger partial charge in [0.25, 0.3) is 0 Å². The first kappa shape index (κ1) is 23.8. The lowest BCUT2D eigenvalue weighted by atomic mass is 9.95. The van der Waals surface area contributed by atoms with Gasteiger partial charge in [0.05, 0.1) is 0 Å². The van der Waals surface area contributed by atoms with Gasteiger partial charge in [0.2, 0.25) is 0 Å². The van der Waals surface area contributed by atoms with Crippen LogP contribution in [0.1, 0.15) is 32.3 Å². The highest BCUT2D eigenvalue weighted by Gasteiger charge is 2.37. The van der Waals surface area contributed by atoms with E-state index in [0.29, 0.717) is 0 Å². The normalized spacial score (nSPS) is 18.3. The molecular weight excluding hydrogens is 388 g/mol. The SMILES string of the molecule is CCN(C(C)Cc1ccc(SC)cc1)C(C1CCNCC1)S(C)(=O)=O.Cl. The van der Waals surface area contributed by atoms with Crippen molar-refractivity contribution in [2.45, 2.75) is 49.4 Å². The van der Waals surface area contributed by atoms with Crippen LogP contribution in [0.3, 0.4) is 0 Å². The third-order valence-corrected chi connectivity index (χ3v) is 7.45. The van der Waals surface area contributed by atoms with Gasteiger partial charge in [0.1, 0.15) is 5.37 Å². The van der Waals surface area contributed by atoms with Gasteiger partial charge in [-0.1, -0.05) is 19.1 Å². The molecule has 1 aliphatic rings. The van der Waals surface area contributed by atoms with Crippen molar-refractivity contribution in [3.05, 3.63) is 29.8 Å². The number of likely N-dealkylation sites (N-methyl/N-ethyl adjacent to an activating group) is 1. The molecule has 0 bridgehead atoms. The van der Waals surface area contributed by atoms with E-state index in [1.165, 1.54) is 16.7 Å². The smallest absolute Gasteiger partial charge is 0.163 e. The number of halogens is 1. The lowest BCUT2D eigenvalue weighted by Gasteiger charge is -2.40. The van der Waals surface area contributed by atoms with Crippen LogP contribution in [-0.2, 0) is 16.3 Å². The molecule has 1 fully saturated rings. The predicted molar refractivity (Wildman–Crippen MR) is 115 cm³/mol. The fraction of sp³-hybridized carbons (Fsp3) is 0.684. The number of hydrogen-bond donors (Lipinski definition) is 1. The van der Waals surface area contributed by atoms with E-state index in [0.717, 1.165) is 38.9 Å². The number of nitrogens with zero attached hydrogens (tertiary/aromatic N) is 1. The lowest BCUT2D eigenvalue weighted by Crippen LogP contribution is -2.52. The van der Waals surface area contributed by atoms with Crippen LogP contribution in [0.2, 0.25) is 0 Å². The van der Waals surface area contributed by atoms with E-state index in [9.17, 15) is 8.42 Å². The van der Waals surface area contributed by atoms with Crippen LogP contribution in [0.5, 0.6) is 0 Å². The minimum absolute atomic E-state index is 0. The van der Waals surface area contributed by atoms with Gasteiger partial charge in [0.15, 0.2) is 9.84 Å². The molecule has 0 saturated carbocycles. The Kier molecular flexibility index (Phi) is 9.97. The van der Waals surface area contributed by atoms with Crippen LogP contribution < -0.4 is 5.32 Å². The molecule has 0 aliphatic carbocycles. The first-order chi connectivity index (χ1) is 11.9. The molecule has 1 aromatic rings. The van der Waals surface area contributed by atoms with Gasteiger partial charge in [-0.25, -0.2) is 8.42 Å². The summed E-state index contributed by atoms with van der Waals surface area (Å²) in [6.07, 6.45) is 6.22. The summed E-state index contributed by atoms with van der Waals surface area (Å²) < 4.78 is 25.2. The number of sulfone groups is 1. The standard InChI is InChI=1S/C19H32N2O2S2.ClH/c1-5-21(15(2)14-16-6-8-18(24-3)9-7-16)19(25(4,22)23)17-10-12-20-13-11-17;/h6-9,15,17,19-20H,5,10-14H2,1-4H3;1H. The van der Waals surface area contributed by atoms with Crippen LogP contribution in [-0.4, -0.2) is 56.9 Å². The maximum atomic E-state index is 12.6. The van der Waals surface area contributed by atoms with Crippen molar-refractivity contribution in [3.63, 3.8) is 0 Å². The van der Waals surface area contributed by atoms with Crippen molar-refractivity contribution in [1.82, 2.24) is 10.2 Å². The van der Waals surface area contributed by atoms with Crippen molar-refractivity contribution in [2.24, 2.45) is 5.92 Å². The molecule has 26 heavy (non-hydrogen) atoms. The van der Waals surface area contributed by atoms with Crippen molar-refractivity contribution in [1.29, 1.82) is 0 Å². The number of benzene rings is 1. The number of piperidine rings is 1. The Bertz CT molecular complexity index is 631. The second kappa shape index (κ2) is 10.9. The van der Waals surface area contributed by atoms with Gasteiger partial charge in [-0.3, -0.25) is 4.90 Å². The summed E-state index contributed by atoms with van der Waals surface area (Å²) in [6.45, 7) is 6.82. The van der Waals surface area contributed by atoms with Gasteiger partial charge < -0.3 is 5.32 Å². The Hall–Kier alpha value is -0.270. The summed E-state index contributed by atoms with van der Waals surface area (Å²) in [7, 11) is -3.13. The minimum Gasteiger partial charge on any atom is -0.317 e. The summed E-state index contributed by atoms with van der Waals surface area (Å²) in [6, 6.07) is 8.81. The average Bonchev–Trinajstić information content (AvgIpc) is 2.59. The molecule has 1 N–H and O–H groups in total. The molecule has 0 amide bonds. The van der Waals surface area contributed by atoms with E-state index < -0.39 is 9.84 Å². The molecule has 0 aromatic heterocycles. The molecule has 1 saturated heterocycles. The van der Waals surface area contributed by atoms with E-state index in [1.54, 1.807) is 11.8 Å². The van der Waals surface area contributed by atoms with Crippen molar-refractivity contribution >= 4 is 34.0 Å². The van der Waals surface area contributed by atoms with Gasteiger partial charge >= 0.3 is 0 Å². The molecule has 7 heteroatoms. The molecule has 2 rings (SSSR count). The average molecular weight is 421 g/mol. The number of rotatable bonds is 8. The molecule has 2 unspecified atom stereocenters. The highest BCUT2D eigenvalue weighted by atomic mass is 35.5. The summed E-state index contributed by atoms with van der Waals surface area (Å²) in [5.74, 6) is 0.220. The van der Waals surface area contributed by atoms with Gasteiger partial charge in [-0.2, -0.15) is 0 Å². The molecule has 1 aliphatic heterocycles. The summed E-state index contributed by atoms with van der Waals surface area (Å²) >= 11 is 1.74. The minimum atomic E-state index is -3.13. The Morgan fingerprint density at radius 1 is 1.23 bits per heavy atom. The van der Waals surface area contributed by atoms with Crippen LogP contribution in [0.25, 0.3) is 0 Å². The Balaban J connectivity index is 0.00000338.